The zero-order valence-corrected chi connectivity index (χ0v) is 16.5. The van der Waals surface area contributed by atoms with Gasteiger partial charge in [-0.3, -0.25) is 14.6 Å². The summed E-state index contributed by atoms with van der Waals surface area (Å²) in [6, 6.07) is 13.0. The molecule has 1 aromatic carbocycles. The molecule has 0 unspecified atom stereocenters. The molecule has 1 saturated heterocycles. The molecule has 3 aromatic rings. The van der Waals surface area contributed by atoms with E-state index in [9.17, 15) is 9.59 Å². The van der Waals surface area contributed by atoms with Crippen molar-refractivity contribution in [3.63, 3.8) is 0 Å². The summed E-state index contributed by atoms with van der Waals surface area (Å²) in [4.78, 5) is 32.0. The number of benzene rings is 1. The Morgan fingerprint density at radius 1 is 1.21 bits per heavy atom. The molecule has 29 heavy (non-hydrogen) atoms. The number of fused-ring (bicyclic) bond motifs is 1. The minimum Gasteiger partial charge on any atom is -0.376 e. The van der Waals surface area contributed by atoms with E-state index >= 15 is 0 Å². The molecule has 1 aliphatic heterocycles. The molecule has 0 saturated carbocycles. The molecule has 7 nitrogen and oxygen atoms in total. The quantitative estimate of drug-likeness (QED) is 0.643. The van der Waals surface area contributed by atoms with Gasteiger partial charge in [0.2, 0.25) is 5.91 Å². The first kappa shape index (κ1) is 19.3. The van der Waals surface area contributed by atoms with Gasteiger partial charge in [-0.05, 0) is 38.0 Å². The molecule has 1 fully saturated rings. The largest absolute Gasteiger partial charge is 0.376 e. The van der Waals surface area contributed by atoms with E-state index in [1.165, 1.54) is 4.68 Å². The van der Waals surface area contributed by atoms with Crippen molar-refractivity contribution in [1.29, 1.82) is 0 Å². The lowest BCUT2D eigenvalue weighted by Crippen LogP contribution is -2.41. The second-order valence-electron chi connectivity index (χ2n) is 7.32. The lowest BCUT2D eigenvalue weighted by molar-refractivity contribution is -0.134. The Kier molecular flexibility index (Phi) is 5.67. The first-order chi connectivity index (χ1) is 14.1. The van der Waals surface area contributed by atoms with Crippen molar-refractivity contribution in [2.45, 2.75) is 39.0 Å². The van der Waals surface area contributed by atoms with E-state index in [4.69, 9.17) is 4.74 Å². The van der Waals surface area contributed by atoms with Gasteiger partial charge in [0.25, 0.3) is 5.56 Å². The van der Waals surface area contributed by atoms with Crippen molar-refractivity contribution in [3.8, 4) is 0 Å². The van der Waals surface area contributed by atoms with Gasteiger partial charge in [0.15, 0.2) is 0 Å². The van der Waals surface area contributed by atoms with Crippen LogP contribution in [0.3, 0.4) is 0 Å². The molecular weight excluding hydrogens is 368 g/mol. The first-order valence-corrected chi connectivity index (χ1v) is 9.87. The normalized spacial score (nSPS) is 16.2. The predicted molar refractivity (Wildman–Crippen MR) is 109 cm³/mol. The number of nitrogens with zero attached hydrogens (tertiary/aromatic N) is 4. The van der Waals surface area contributed by atoms with Crippen LogP contribution in [-0.4, -0.2) is 44.8 Å². The molecule has 1 amide bonds. The smallest absolute Gasteiger partial charge is 0.275 e. The van der Waals surface area contributed by atoms with E-state index in [0.717, 1.165) is 36.2 Å². The fourth-order valence-corrected chi connectivity index (χ4v) is 3.72. The van der Waals surface area contributed by atoms with Crippen molar-refractivity contribution >= 4 is 16.7 Å². The molecule has 0 aliphatic carbocycles. The number of pyridine rings is 1. The molecule has 0 spiro atoms. The number of amides is 1. The third kappa shape index (κ3) is 4.35. The lowest BCUT2D eigenvalue weighted by atomic mass is 10.1. The van der Waals surface area contributed by atoms with Crippen LogP contribution in [-0.2, 0) is 22.6 Å². The van der Waals surface area contributed by atoms with Gasteiger partial charge in [-0.25, -0.2) is 4.68 Å². The van der Waals surface area contributed by atoms with E-state index in [2.05, 4.69) is 10.1 Å². The number of hydrogen-bond donors (Lipinski definition) is 0. The summed E-state index contributed by atoms with van der Waals surface area (Å²) < 4.78 is 6.99. The van der Waals surface area contributed by atoms with Crippen LogP contribution < -0.4 is 5.56 Å². The molecule has 0 bridgehead atoms. The van der Waals surface area contributed by atoms with E-state index in [-0.39, 0.29) is 24.1 Å². The van der Waals surface area contributed by atoms with Crippen LogP contribution >= 0.6 is 0 Å². The molecule has 4 rings (SSSR count). The number of carbonyl (C=O) groups excluding carboxylic acids is 1. The summed E-state index contributed by atoms with van der Waals surface area (Å²) >= 11 is 0. The highest BCUT2D eigenvalue weighted by Gasteiger charge is 2.24. The number of rotatable bonds is 6. The van der Waals surface area contributed by atoms with E-state index < -0.39 is 0 Å². The maximum Gasteiger partial charge on any atom is 0.275 e. The number of ether oxygens (including phenoxy) is 1. The third-order valence-electron chi connectivity index (χ3n) is 5.22. The zero-order chi connectivity index (χ0) is 20.2. The van der Waals surface area contributed by atoms with E-state index in [0.29, 0.717) is 18.5 Å². The van der Waals surface area contributed by atoms with Crippen LogP contribution in [0.2, 0.25) is 0 Å². The van der Waals surface area contributed by atoms with Crippen molar-refractivity contribution in [2.75, 3.05) is 13.2 Å². The molecular formula is C22H24N4O3. The fourth-order valence-electron chi connectivity index (χ4n) is 3.72. The predicted octanol–water partition coefficient (Wildman–Crippen LogP) is 2.31. The Labute approximate surface area is 168 Å². The van der Waals surface area contributed by atoms with Crippen LogP contribution in [0.5, 0.6) is 0 Å². The Morgan fingerprint density at radius 3 is 2.72 bits per heavy atom. The minimum absolute atomic E-state index is 0.0192. The van der Waals surface area contributed by atoms with Crippen LogP contribution in [0.15, 0.2) is 53.5 Å². The summed E-state index contributed by atoms with van der Waals surface area (Å²) in [6.07, 6.45) is 3.66. The summed E-state index contributed by atoms with van der Waals surface area (Å²) in [5.74, 6) is -0.171. The van der Waals surface area contributed by atoms with E-state index in [1.807, 2.05) is 43.3 Å². The van der Waals surface area contributed by atoms with Crippen LogP contribution in [0.25, 0.3) is 10.8 Å². The topological polar surface area (TPSA) is 77.3 Å². The van der Waals surface area contributed by atoms with Crippen molar-refractivity contribution in [2.24, 2.45) is 0 Å². The Balaban J connectivity index is 1.59. The SMILES string of the molecule is Cc1nn(CC(=O)N(Cc2ccccn2)C[C@@H]2CCCO2)c(=O)c2ccccc12. The van der Waals surface area contributed by atoms with Gasteiger partial charge >= 0.3 is 0 Å². The Hall–Kier alpha value is -3.06. The number of hydrogen-bond acceptors (Lipinski definition) is 5. The zero-order valence-electron chi connectivity index (χ0n) is 16.5. The average Bonchev–Trinajstić information content (AvgIpc) is 3.25. The first-order valence-electron chi connectivity index (χ1n) is 9.87. The van der Waals surface area contributed by atoms with Gasteiger partial charge < -0.3 is 9.64 Å². The maximum absolute atomic E-state index is 13.1. The lowest BCUT2D eigenvalue weighted by Gasteiger charge is -2.25. The molecule has 150 valence electrons. The molecule has 0 N–H and O–H groups in total. The third-order valence-corrected chi connectivity index (χ3v) is 5.22. The van der Waals surface area contributed by atoms with Gasteiger partial charge in [-0.1, -0.05) is 24.3 Å². The van der Waals surface area contributed by atoms with Crippen molar-refractivity contribution in [3.05, 3.63) is 70.4 Å². The summed E-state index contributed by atoms with van der Waals surface area (Å²) in [5.41, 5.74) is 1.27. The monoisotopic (exact) mass is 392 g/mol. The van der Waals surface area contributed by atoms with Gasteiger partial charge in [-0.15, -0.1) is 0 Å². The second-order valence-corrected chi connectivity index (χ2v) is 7.32. The van der Waals surface area contributed by atoms with Gasteiger partial charge in [-0.2, -0.15) is 5.10 Å². The number of aryl methyl sites for hydroxylation is 1. The Bertz CT molecular complexity index is 1060. The van der Waals surface area contributed by atoms with Gasteiger partial charge in [0.1, 0.15) is 6.54 Å². The standard InChI is InChI=1S/C22H24N4O3/c1-16-19-9-2-3-10-20(19)22(28)26(24-16)15-21(27)25(14-18-8-6-12-29-18)13-17-7-4-5-11-23-17/h2-5,7,9-11,18H,6,8,12-15H2,1H3/t18-/m0/s1. The summed E-state index contributed by atoms with van der Waals surface area (Å²) in [7, 11) is 0. The fraction of sp³-hybridized carbons (Fsp3) is 0.364. The molecule has 2 aromatic heterocycles. The molecule has 3 heterocycles. The highest BCUT2D eigenvalue weighted by molar-refractivity contribution is 5.83. The summed E-state index contributed by atoms with van der Waals surface area (Å²) in [5, 5.41) is 5.76. The second kappa shape index (κ2) is 8.53. The number of aromatic nitrogens is 3. The van der Waals surface area contributed by atoms with Crippen LogP contribution in [0, 0.1) is 6.92 Å². The van der Waals surface area contributed by atoms with Crippen molar-refractivity contribution < 1.29 is 9.53 Å². The van der Waals surface area contributed by atoms with Gasteiger partial charge in [0.05, 0.1) is 29.4 Å². The van der Waals surface area contributed by atoms with Gasteiger partial charge in [0, 0.05) is 24.7 Å². The maximum atomic E-state index is 13.1. The van der Waals surface area contributed by atoms with Crippen molar-refractivity contribution in [1.82, 2.24) is 19.7 Å². The highest BCUT2D eigenvalue weighted by atomic mass is 16.5. The van der Waals surface area contributed by atoms with Crippen LogP contribution in [0.1, 0.15) is 24.2 Å². The molecule has 7 heteroatoms. The summed E-state index contributed by atoms with van der Waals surface area (Å²) in [6.45, 7) is 3.32. The highest BCUT2D eigenvalue weighted by Crippen LogP contribution is 2.16. The molecule has 1 aliphatic rings. The Morgan fingerprint density at radius 2 is 2.00 bits per heavy atom. The number of carbonyl (C=O) groups is 1. The molecule has 1 atom stereocenters. The minimum atomic E-state index is -0.255. The van der Waals surface area contributed by atoms with Crippen LogP contribution in [0.4, 0.5) is 0 Å². The van der Waals surface area contributed by atoms with E-state index in [1.54, 1.807) is 17.2 Å². The average molecular weight is 392 g/mol. The molecule has 0 radical (unpaired) electrons.